The molecule has 1 aromatic carbocycles. The van der Waals surface area contributed by atoms with Crippen LogP contribution in [0.25, 0.3) is 0 Å². The lowest BCUT2D eigenvalue weighted by Gasteiger charge is -2.11. The summed E-state index contributed by atoms with van der Waals surface area (Å²) in [5.41, 5.74) is 0.564. The first kappa shape index (κ1) is 14.5. The standard InChI is InChI=1S/C14H21NO3/c1-4-12(16)9-15-14(17)11-5-7-13(8-6-11)18-10(2)3/h5-8,10,12,16H,4,9H2,1-3H3,(H,15,17). The van der Waals surface area contributed by atoms with Crippen LogP contribution < -0.4 is 10.1 Å². The lowest BCUT2D eigenvalue weighted by atomic mass is 10.2. The number of hydrogen-bond acceptors (Lipinski definition) is 3. The van der Waals surface area contributed by atoms with E-state index in [4.69, 9.17) is 4.74 Å². The van der Waals surface area contributed by atoms with Crippen molar-refractivity contribution in [1.82, 2.24) is 5.32 Å². The zero-order chi connectivity index (χ0) is 13.5. The van der Waals surface area contributed by atoms with E-state index in [9.17, 15) is 9.90 Å². The highest BCUT2D eigenvalue weighted by Gasteiger charge is 2.08. The van der Waals surface area contributed by atoms with E-state index in [0.717, 1.165) is 5.75 Å². The summed E-state index contributed by atoms with van der Waals surface area (Å²) in [7, 11) is 0. The monoisotopic (exact) mass is 251 g/mol. The lowest BCUT2D eigenvalue weighted by molar-refractivity contribution is 0.0914. The Bertz CT molecular complexity index is 373. The Morgan fingerprint density at radius 3 is 2.44 bits per heavy atom. The molecule has 0 aromatic heterocycles. The highest BCUT2D eigenvalue weighted by Crippen LogP contribution is 2.13. The predicted octanol–water partition coefficient (Wildman–Crippen LogP) is 1.97. The van der Waals surface area contributed by atoms with Gasteiger partial charge in [-0.05, 0) is 44.5 Å². The fraction of sp³-hybridized carbons (Fsp3) is 0.500. The van der Waals surface area contributed by atoms with Gasteiger partial charge in [0.25, 0.3) is 5.91 Å². The Morgan fingerprint density at radius 2 is 1.94 bits per heavy atom. The van der Waals surface area contributed by atoms with Crippen LogP contribution in [0.2, 0.25) is 0 Å². The lowest BCUT2D eigenvalue weighted by Crippen LogP contribution is -2.31. The van der Waals surface area contributed by atoms with Crippen molar-refractivity contribution in [3.63, 3.8) is 0 Å². The molecule has 0 saturated heterocycles. The van der Waals surface area contributed by atoms with E-state index in [-0.39, 0.29) is 18.6 Å². The third-order valence-corrected chi connectivity index (χ3v) is 2.46. The number of rotatable bonds is 6. The predicted molar refractivity (Wildman–Crippen MR) is 70.8 cm³/mol. The van der Waals surface area contributed by atoms with Crippen molar-refractivity contribution in [2.45, 2.75) is 39.4 Å². The molecule has 4 nitrogen and oxygen atoms in total. The fourth-order valence-electron chi connectivity index (χ4n) is 1.41. The maximum absolute atomic E-state index is 11.7. The van der Waals surface area contributed by atoms with Crippen molar-refractivity contribution < 1.29 is 14.6 Å². The third-order valence-electron chi connectivity index (χ3n) is 2.46. The van der Waals surface area contributed by atoms with Gasteiger partial charge < -0.3 is 15.2 Å². The minimum atomic E-state index is -0.488. The molecule has 0 spiro atoms. The zero-order valence-electron chi connectivity index (χ0n) is 11.1. The molecule has 4 heteroatoms. The molecule has 0 heterocycles. The summed E-state index contributed by atoms with van der Waals surface area (Å²) < 4.78 is 5.49. The van der Waals surface area contributed by atoms with Gasteiger partial charge in [-0.2, -0.15) is 0 Å². The van der Waals surface area contributed by atoms with Crippen LogP contribution in [0.1, 0.15) is 37.6 Å². The van der Waals surface area contributed by atoms with Gasteiger partial charge in [0.2, 0.25) is 0 Å². The molecule has 18 heavy (non-hydrogen) atoms. The molecular weight excluding hydrogens is 230 g/mol. The molecule has 1 rings (SSSR count). The van der Waals surface area contributed by atoms with Gasteiger partial charge in [-0.25, -0.2) is 0 Å². The number of aliphatic hydroxyl groups excluding tert-OH is 1. The Labute approximate surface area is 108 Å². The summed E-state index contributed by atoms with van der Waals surface area (Å²) in [4.78, 5) is 11.7. The van der Waals surface area contributed by atoms with Crippen molar-refractivity contribution >= 4 is 5.91 Å². The van der Waals surface area contributed by atoms with Crippen LogP contribution in [-0.4, -0.2) is 29.8 Å². The van der Waals surface area contributed by atoms with Gasteiger partial charge >= 0.3 is 0 Å². The van der Waals surface area contributed by atoms with Gasteiger partial charge in [-0.1, -0.05) is 6.92 Å². The van der Waals surface area contributed by atoms with Crippen molar-refractivity contribution in [3.8, 4) is 5.75 Å². The maximum atomic E-state index is 11.7. The molecule has 1 aromatic rings. The van der Waals surface area contributed by atoms with Gasteiger partial charge in [0.05, 0.1) is 12.2 Å². The van der Waals surface area contributed by atoms with Gasteiger partial charge in [-0.3, -0.25) is 4.79 Å². The first-order chi connectivity index (χ1) is 8.52. The summed E-state index contributed by atoms with van der Waals surface area (Å²) >= 11 is 0. The molecule has 0 radical (unpaired) electrons. The second kappa shape index (κ2) is 7.01. The van der Waals surface area contributed by atoms with Crippen molar-refractivity contribution in [3.05, 3.63) is 29.8 Å². The summed E-state index contributed by atoms with van der Waals surface area (Å²) in [6.07, 6.45) is 0.253. The fourth-order valence-corrected chi connectivity index (χ4v) is 1.41. The van der Waals surface area contributed by atoms with Crippen molar-refractivity contribution in [2.75, 3.05) is 6.54 Å². The number of ether oxygens (including phenoxy) is 1. The summed E-state index contributed by atoms with van der Waals surface area (Å²) in [5, 5.41) is 12.0. The molecular formula is C14H21NO3. The number of carbonyl (C=O) groups excluding carboxylic acids is 1. The van der Waals surface area contributed by atoms with Crippen molar-refractivity contribution in [1.29, 1.82) is 0 Å². The van der Waals surface area contributed by atoms with Crippen LogP contribution >= 0.6 is 0 Å². The van der Waals surface area contributed by atoms with E-state index in [1.54, 1.807) is 24.3 Å². The molecule has 0 bridgehead atoms. The van der Waals surface area contributed by atoms with E-state index in [2.05, 4.69) is 5.32 Å². The molecule has 1 amide bonds. The van der Waals surface area contributed by atoms with E-state index in [0.29, 0.717) is 12.0 Å². The molecule has 1 atom stereocenters. The van der Waals surface area contributed by atoms with Crippen LogP contribution in [0.4, 0.5) is 0 Å². The minimum Gasteiger partial charge on any atom is -0.491 e. The zero-order valence-corrected chi connectivity index (χ0v) is 11.1. The van der Waals surface area contributed by atoms with Gasteiger partial charge in [0.15, 0.2) is 0 Å². The normalized spacial score (nSPS) is 12.3. The third kappa shape index (κ3) is 4.75. The van der Waals surface area contributed by atoms with Crippen LogP contribution in [0.15, 0.2) is 24.3 Å². The van der Waals surface area contributed by atoms with Crippen LogP contribution in [0.3, 0.4) is 0 Å². The second-order valence-electron chi connectivity index (χ2n) is 4.46. The summed E-state index contributed by atoms with van der Waals surface area (Å²) in [6.45, 7) is 6.05. The number of hydrogen-bond donors (Lipinski definition) is 2. The van der Waals surface area contributed by atoms with Crippen molar-refractivity contribution in [2.24, 2.45) is 0 Å². The second-order valence-corrected chi connectivity index (χ2v) is 4.46. The van der Waals surface area contributed by atoms with Gasteiger partial charge in [-0.15, -0.1) is 0 Å². The van der Waals surface area contributed by atoms with E-state index in [1.165, 1.54) is 0 Å². The molecule has 0 saturated carbocycles. The SMILES string of the molecule is CCC(O)CNC(=O)c1ccc(OC(C)C)cc1. The molecule has 0 aliphatic carbocycles. The summed E-state index contributed by atoms with van der Waals surface area (Å²) in [6, 6.07) is 6.97. The average Bonchev–Trinajstić information content (AvgIpc) is 2.35. The molecule has 0 aliphatic heterocycles. The number of amides is 1. The van der Waals surface area contributed by atoms with E-state index < -0.39 is 6.10 Å². The first-order valence-corrected chi connectivity index (χ1v) is 6.26. The maximum Gasteiger partial charge on any atom is 0.251 e. The number of benzene rings is 1. The van der Waals surface area contributed by atoms with Crippen LogP contribution in [-0.2, 0) is 0 Å². The highest BCUT2D eigenvalue weighted by atomic mass is 16.5. The van der Waals surface area contributed by atoms with E-state index in [1.807, 2.05) is 20.8 Å². The highest BCUT2D eigenvalue weighted by molar-refractivity contribution is 5.94. The number of carbonyl (C=O) groups is 1. The minimum absolute atomic E-state index is 0.115. The largest absolute Gasteiger partial charge is 0.491 e. The smallest absolute Gasteiger partial charge is 0.251 e. The Morgan fingerprint density at radius 1 is 1.33 bits per heavy atom. The van der Waals surface area contributed by atoms with Gasteiger partial charge in [0, 0.05) is 12.1 Å². The number of nitrogens with one attached hydrogen (secondary N) is 1. The molecule has 1 unspecified atom stereocenters. The Balaban J connectivity index is 2.53. The first-order valence-electron chi connectivity index (χ1n) is 6.26. The molecule has 0 aliphatic rings. The summed E-state index contributed by atoms with van der Waals surface area (Å²) in [5.74, 6) is 0.564. The van der Waals surface area contributed by atoms with E-state index >= 15 is 0 Å². The quantitative estimate of drug-likeness (QED) is 0.812. The topological polar surface area (TPSA) is 58.6 Å². The Hall–Kier alpha value is -1.55. The average molecular weight is 251 g/mol. The molecule has 2 N–H and O–H groups in total. The van der Waals surface area contributed by atoms with Gasteiger partial charge in [0.1, 0.15) is 5.75 Å². The number of aliphatic hydroxyl groups is 1. The van der Waals surface area contributed by atoms with Crippen LogP contribution in [0, 0.1) is 0 Å². The molecule has 100 valence electrons. The molecule has 0 fully saturated rings. The van der Waals surface area contributed by atoms with Crippen LogP contribution in [0.5, 0.6) is 5.75 Å². The Kier molecular flexibility index (Phi) is 5.65.